The second-order valence-corrected chi connectivity index (χ2v) is 7.59. The number of pyridine rings is 1. The molecule has 5 nitrogen and oxygen atoms in total. The lowest BCUT2D eigenvalue weighted by molar-refractivity contribution is 0.215. The van der Waals surface area contributed by atoms with Gasteiger partial charge in [0.25, 0.3) is 0 Å². The van der Waals surface area contributed by atoms with Crippen LogP contribution in [0.2, 0.25) is 0 Å². The number of amides is 2. The van der Waals surface area contributed by atoms with Gasteiger partial charge in [-0.25, -0.2) is 9.78 Å². The summed E-state index contributed by atoms with van der Waals surface area (Å²) in [4.78, 5) is 25.8. The average molecular weight is 366 g/mol. The Hall–Kier alpha value is -2.47. The topological polar surface area (TPSA) is 49.3 Å². The van der Waals surface area contributed by atoms with Crippen LogP contribution in [0.4, 0.5) is 9.93 Å². The van der Waals surface area contributed by atoms with Gasteiger partial charge in [0.15, 0.2) is 5.13 Å². The van der Waals surface area contributed by atoms with E-state index in [4.69, 9.17) is 4.98 Å². The van der Waals surface area contributed by atoms with Gasteiger partial charge < -0.3 is 4.90 Å². The fourth-order valence-corrected chi connectivity index (χ4v) is 4.28. The van der Waals surface area contributed by atoms with E-state index in [1.165, 1.54) is 5.56 Å². The molecular formula is C20H22N4OS. The van der Waals surface area contributed by atoms with Crippen LogP contribution in [0, 0.1) is 0 Å². The molecule has 0 unspecified atom stereocenters. The fourth-order valence-electron chi connectivity index (χ4n) is 3.26. The van der Waals surface area contributed by atoms with Crippen molar-refractivity contribution >= 4 is 32.7 Å². The maximum absolute atomic E-state index is 13.1. The Morgan fingerprint density at radius 2 is 2.08 bits per heavy atom. The lowest BCUT2D eigenvalue weighted by atomic mass is 10.2. The van der Waals surface area contributed by atoms with Crippen molar-refractivity contribution in [2.75, 3.05) is 18.0 Å². The molecule has 1 fully saturated rings. The summed E-state index contributed by atoms with van der Waals surface area (Å²) in [5.41, 5.74) is 3.25. The van der Waals surface area contributed by atoms with Crippen LogP contribution >= 0.6 is 11.3 Å². The highest BCUT2D eigenvalue weighted by atomic mass is 32.1. The second kappa shape index (κ2) is 7.41. The summed E-state index contributed by atoms with van der Waals surface area (Å²) in [7, 11) is 0. The molecule has 134 valence electrons. The smallest absolute Gasteiger partial charge is 0.324 e. The molecule has 0 N–H and O–H groups in total. The number of aromatic nitrogens is 2. The van der Waals surface area contributed by atoms with Crippen LogP contribution in [-0.4, -0.2) is 34.0 Å². The van der Waals surface area contributed by atoms with E-state index in [0.717, 1.165) is 53.3 Å². The number of urea groups is 1. The molecule has 1 aliphatic heterocycles. The third-order valence-corrected chi connectivity index (χ3v) is 5.79. The van der Waals surface area contributed by atoms with E-state index < -0.39 is 0 Å². The number of aryl methyl sites for hydroxylation is 1. The molecule has 2 amide bonds. The summed E-state index contributed by atoms with van der Waals surface area (Å²) < 4.78 is 1.13. The first-order chi connectivity index (χ1) is 12.7. The molecule has 0 spiro atoms. The first-order valence-electron chi connectivity index (χ1n) is 9.09. The summed E-state index contributed by atoms with van der Waals surface area (Å²) in [6.07, 6.45) is 6.71. The van der Waals surface area contributed by atoms with Gasteiger partial charge in [-0.15, -0.1) is 0 Å². The van der Waals surface area contributed by atoms with E-state index >= 15 is 0 Å². The zero-order valence-electron chi connectivity index (χ0n) is 14.9. The maximum atomic E-state index is 13.1. The highest BCUT2D eigenvalue weighted by Crippen LogP contribution is 2.31. The van der Waals surface area contributed by atoms with Crippen molar-refractivity contribution in [1.82, 2.24) is 14.9 Å². The second-order valence-electron chi connectivity index (χ2n) is 6.58. The lowest BCUT2D eigenvalue weighted by Crippen LogP contribution is -2.41. The number of hydrogen-bond donors (Lipinski definition) is 0. The van der Waals surface area contributed by atoms with Crippen molar-refractivity contribution in [3.05, 3.63) is 53.9 Å². The number of likely N-dealkylation sites (tertiary alicyclic amines) is 1. The number of thiazole rings is 1. The number of hydrogen-bond acceptors (Lipinski definition) is 4. The van der Waals surface area contributed by atoms with Crippen molar-refractivity contribution in [3.63, 3.8) is 0 Å². The number of fused-ring (bicyclic) bond motifs is 1. The highest BCUT2D eigenvalue weighted by molar-refractivity contribution is 7.22. The Balaban J connectivity index is 1.70. The molecule has 1 aromatic carbocycles. The molecular weight excluding hydrogens is 344 g/mol. The molecule has 0 aliphatic carbocycles. The van der Waals surface area contributed by atoms with Crippen LogP contribution < -0.4 is 4.90 Å². The van der Waals surface area contributed by atoms with Gasteiger partial charge in [-0.05, 0) is 48.6 Å². The van der Waals surface area contributed by atoms with Crippen LogP contribution in [0.5, 0.6) is 0 Å². The van der Waals surface area contributed by atoms with Crippen molar-refractivity contribution in [2.24, 2.45) is 0 Å². The Labute approximate surface area is 157 Å². The zero-order chi connectivity index (χ0) is 17.9. The van der Waals surface area contributed by atoms with Gasteiger partial charge in [0.1, 0.15) is 0 Å². The molecule has 0 radical (unpaired) electrons. The number of rotatable bonds is 4. The van der Waals surface area contributed by atoms with E-state index in [9.17, 15) is 4.79 Å². The maximum Gasteiger partial charge on any atom is 0.326 e. The quantitative estimate of drug-likeness (QED) is 0.684. The number of nitrogens with zero attached hydrogens (tertiary/aromatic N) is 4. The summed E-state index contributed by atoms with van der Waals surface area (Å²) in [5.74, 6) is 0. The standard InChI is InChI=1S/C20H22N4OS/c1-2-15-7-8-17-18(12-15)26-19(22-17)24(14-16-6-5-9-21-13-16)20(25)23-10-3-4-11-23/h5-9,12-13H,2-4,10-11,14H2,1H3. The molecule has 1 aliphatic rings. The van der Waals surface area contributed by atoms with Crippen LogP contribution in [0.1, 0.15) is 30.9 Å². The number of carbonyl (C=O) groups is 1. The Kier molecular flexibility index (Phi) is 4.84. The molecule has 0 bridgehead atoms. The van der Waals surface area contributed by atoms with Gasteiger partial charge >= 0.3 is 6.03 Å². The van der Waals surface area contributed by atoms with Crippen LogP contribution in [0.3, 0.4) is 0 Å². The first kappa shape index (κ1) is 17.0. The Bertz CT molecular complexity index is 903. The molecule has 0 atom stereocenters. The molecule has 3 aromatic rings. The Morgan fingerprint density at radius 1 is 1.23 bits per heavy atom. The van der Waals surface area contributed by atoms with Gasteiger partial charge in [0.2, 0.25) is 0 Å². The van der Waals surface area contributed by atoms with E-state index in [1.807, 2.05) is 23.2 Å². The average Bonchev–Trinajstić information content (AvgIpc) is 3.35. The third kappa shape index (κ3) is 3.42. The van der Waals surface area contributed by atoms with Crippen molar-refractivity contribution in [1.29, 1.82) is 0 Å². The molecule has 1 saturated heterocycles. The fraction of sp³-hybridized carbons (Fsp3) is 0.350. The number of anilines is 1. The van der Waals surface area contributed by atoms with Gasteiger partial charge in [0.05, 0.1) is 16.8 Å². The lowest BCUT2D eigenvalue weighted by Gasteiger charge is -2.25. The molecule has 6 heteroatoms. The van der Waals surface area contributed by atoms with Gasteiger partial charge in [-0.3, -0.25) is 9.88 Å². The monoisotopic (exact) mass is 366 g/mol. The normalized spacial score (nSPS) is 14.1. The van der Waals surface area contributed by atoms with Crippen LogP contribution in [0.15, 0.2) is 42.7 Å². The summed E-state index contributed by atoms with van der Waals surface area (Å²) in [6.45, 7) is 4.29. The van der Waals surface area contributed by atoms with Crippen LogP contribution in [0.25, 0.3) is 10.2 Å². The largest absolute Gasteiger partial charge is 0.326 e. The minimum absolute atomic E-state index is 0.0427. The van der Waals surface area contributed by atoms with E-state index in [2.05, 4.69) is 30.1 Å². The van der Waals surface area contributed by atoms with Crippen molar-refractivity contribution in [3.8, 4) is 0 Å². The summed E-state index contributed by atoms with van der Waals surface area (Å²) in [6, 6.07) is 10.3. The molecule has 26 heavy (non-hydrogen) atoms. The predicted octanol–water partition coefficient (Wildman–Crippen LogP) is 4.48. The third-order valence-electron chi connectivity index (χ3n) is 4.75. The SMILES string of the molecule is CCc1ccc2nc(N(Cc3cccnc3)C(=O)N3CCCC3)sc2c1. The highest BCUT2D eigenvalue weighted by Gasteiger charge is 2.27. The molecule has 3 heterocycles. The van der Waals surface area contributed by atoms with Crippen molar-refractivity contribution in [2.45, 2.75) is 32.7 Å². The Morgan fingerprint density at radius 3 is 2.81 bits per heavy atom. The molecule has 2 aromatic heterocycles. The summed E-state index contributed by atoms with van der Waals surface area (Å²) in [5, 5.41) is 0.758. The van der Waals surface area contributed by atoms with E-state index in [-0.39, 0.29) is 6.03 Å². The van der Waals surface area contributed by atoms with Crippen molar-refractivity contribution < 1.29 is 4.79 Å². The molecule has 0 saturated carbocycles. The first-order valence-corrected chi connectivity index (χ1v) is 9.91. The van der Waals surface area contributed by atoms with E-state index in [0.29, 0.717) is 6.54 Å². The van der Waals surface area contributed by atoms with Gasteiger partial charge in [-0.1, -0.05) is 30.4 Å². The van der Waals surface area contributed by atoms with E-state index in [1.54, 1.807) is 22.4 Å². The number of benzene rings is 1. The van der Waals surface area contributed by atoms with Gasteiger partial charge in [-0.2, -0.15) is 0 Å². The minimum Gasteiger partial charge on any atom is -0.324 e. The zero-order valence-corrected chi connectivity index (χ0v) is 15.7. The molecule has 4 rings (SSSR count). The van der Waals surface area contributed by atoms with Gasteiger partial charge in [0, 0.05) is 25.5 Å². The summed E-state index contributed by atoms with van der Waals surface area (Å²) >= 11 is 1.59. The predicted molar refractivity (Wildman–Crippen MR) is 106 cm³/mol. The van der Waals surface area contributed by atoms with Crippen LogP contribution in [-0.2, 0) is 13.0 Å². The minimum atomic E-state index is 0.0427. The number of carbonyl (C=O) groups excluding carboxylic acids is 1.